The van der Waals surface area contributed by atoms with Crippen LogP contribution in [0.25, 0.3) is 0 Å². The lowest BCUT2D eigenvalue weighted by Gasteiger charge is -2.24. The van der Waals surface area contributed by atoms with Crippen LogP contribution in [-0.4, -0.2) is 38.9 Å². The van der Waals surface area contributed by atoms with Gasteiger partial charge in [-0.25, -0.2) is 8.42 Å². The van der Waals surface area contributed by atoms with Crippen LogP contribution in [0.5, 0.6) is 0 Å². The zero-order valence-electron chi connectivity index (χ0n) is 11.3. The predicted octanol–water partition coefficient (Wildman–Crippen LogP) is 0.917. The Labute approximate surface area is 128 Å². The minimum absolute atomic E-state index is 0.117. The van der Waals surface area contributed by atoms with Crippen molar-refractivity contribution in [1.82, 2.24) is 0 Å². The molecule has 114 valence electrons. The third-order valence-corrected chi connectivity index (χ3v) is 5.91. The molecule has 1 aromatic rings. The molecule has 1 unspecified atom stereocenters. The molecule has 1 amide bonds. The molecule has 1 saturated heterocycles. The van der Waals surface area contributed by atoms with Gasteiger partial charge in [0.15, 0.2) is 9.84 Å². The summed E-state index contributed by atoms with van der Waals surface area (Å²) in [5.74, 6) is 0.0663. The van der Waals surface area contributed by atoms with E-state index in [0.717, 1.165) is 5.69 Å². The van der Waals surface area contributed by atoms with Crippen molar-refractivity contribution in [2.45, 2.75) is 12.5 Å². The number of anilines is 2. The molecule has 1 atom stereocenters. The van der Waals surface area contributed by atoms with Crippen molar-refractivity contribution in [2.75, 3.05) is 34.8 Å². The fraction of sp³-hybridized carbons (Fsp3) is 0.462. The smallest absolute Gasteiger partial charge is 0.245 e. The van der Waals surface area contributed by atoms with Gasteiger partial charge in [-0.05, 0) is 18.6 Å². The molecule has 2 heterocycles. The summed E-state index contributed by atoms with van der Waals surface area (Å²) in [4.78, 5) is 13.5. The second-order valence-corrected chi connectivity index (χ2v) is 8.06. The van der Waals surface area contributed by atoms with Crippen LogP contribution < -0.4 is 16.0 Å². The van der Waals surface area contributed by atoms with Gasteiger partial charge in [0.1, 0.15) is 6.04 Å². The highest BCUT2D eigenvalue weighted by Crippen LogP contribution is 2.38. The van der Waals surface area contributed by atoms with Gasteiger partial charge in [-0.1, -0.05) is 11.6 Å². The van der Waals surface area contributed by atoms with Crippen molar-refractivity contribution in [3.63, 3.8) is 0 Å². The average Bonchev–Trinajstić information content (AvgIpc) is 2.59. The summed E-state index contributed by atoms with van der Waals surface area (Å²) in [5, 5.41) is 3.20. The van der Waals surface area contributed by atoms with Crippen molar-refractivity contribution >= 4 is 38.7 Å². The first-order chi connectivity index (χ1) is 9.87. The van der Waals surface area contributed by atoms with Gasteiger partial charge in [-0.3, -0.25) is 4.79 Å². The van der Waals surface area contributed by atoms with E-state index in [4.69, 9.17) is 17.3 Å². The van der Waals surface area contributed by atoms with Crippen molar-refractivity contribution < 1.29 is 13.2 Å². The predicted molar refractivity (Wildman–Crippen MR) is 82.5 cm³/mol. The lowest BCUT2D eigenvalue weighted by atomic mass is 10.1. The number of nitrogens with two attached hydrogens (primary N) is 1. The van der Waals surface area contributed by atoms with Crippen LogP contribution in [0.15, 0.2) is 12.1 Å². The molecule has 3 N–H and O–H groups in total. The van der Waals surface area contributed by atoms with Gasteiger partial charge in [0.2, 0.25) is 5.91 Å². The number of hydrogen-bond acceptors (Lipinski definition) is 5. The van der Waals surface area contributed by atoms with Crippen LogP contribution in [0.2, 0.25) is 5.02 Å². The average molecular weight is 330 g/mol. The molecule has 3 rings (SSSR count). The van der Waals surface area contributed by atoms with Crippen molar-refractivity contribution in [3.05, 3.63) is 22.7 Å². The molecule has 1 fully saturated rings. The third kappa shape index (κ3) is 2.73. The summed E-state index contributed by atoms with van der Waals surface area (Å²) in [6.07, 6.45) is 0.571. The molecule has 0 saturated carbocycles. The van der Waals surface area contributed by atoms with Crippen LogP contribution in [0, 0.1) is 0 Å². The maximum Gasteiger partial charge on any atom is 0.245 e. The van der Waals surface area contributed by atoms with E-state index in [2.05, 4.69) is 5.32 Å². The molecule has 8 heteroatoms. The lowest BCUT2D eigenvalue weighted by Crippen LogP contribution is -2.27. The molecular formula is C13H16ClN3O3S. The van der Waals surface area contributed by atoms with Crippen LogP contribution >= 0.6 is 11.6 Å². The van der Waals surface area contributed by atoms with E-state index < -0.39 is 15.9 Å². The van der Waals surface area contributed by atoms with Crippen molar-refractivity contribution in [2.24, 2.45) is 5.73 Å². The number of carbonyl (C=O) groups is 1. The minimum Gasteiger partial charge on any atom is -0.369 e. The number of halogens is 1. The van der Waals surface area contributed by atoms with Gasteiger partial charge in [0.05, 0.1) is 22.2 Å². The van der Waals surface area contributed by atoms with Crippen LogP contribution in [-0.2, 0) is 14.6 Å². The van der Waals surface area contributed by atoms with Gasteiger partial charge < -0.3 is 16.0 Å². The van der Waals surface area contributed by atoms with Gasteiger partial charge in [0.25, 0.3) is 0 Å². The number of nitrogens with one attached hydrogen (secondary N) is 1. The fourth-order valence-corrected chi connectivity index (χ4v) is 4.28. The van der Waals surface area contributed by atoms with E-state index in [9.17, 15) is 13.2 Å². The maximum atomic E-state index is 11.7. The molecule has 2 aliphatic rings. The number of benzene rings is 1. The Bertz CT molecular complexity index is 705. The largest absolute Gasteiger partial charge is 0.369 e. The number of rotatable bonds is 1. The van der Waals surface area contributed by atoms with Gasteiger partial charge in [-0.2, -0.15) is 0 Å². The van der Waals surface area contributed by atoms with Gasteiger partial charge in [-0.15, -0.1) is 0 Å². The highest BCUT2D eigenvalue weighted by atomic mass is 35.5. The second-order valence-electron chi connectivity index (χ2n) is 5.35. The molecule has 2 aliphatic heterocycles. The first kappa shape index (κ1) is 14.6. The summed E-state index contributed by atoms with van der Waals surface area (Å²) in [6.45, 7) is 1.03. The molecular weight excluding hydrogens is 314 g/mol. The monoisotopic (exact) mass is 329 g/mol. The first-order valence-corrected chi connectivity index (χ1v) is 8.92. The number of carbonyl (C=O) groups excluding carboxylic acids is 1. The SMILES string of the molecule is NC1C(=O)Nc2cc(N3CCCS(=O)(=O)CC3)c(Cl)cc21. The Morgan fingerprint density at radius 1 is 1.29 bits per heavy atom. The van der Waals surface area contributed by atoms with E-state index in [-0.39, 0.29) is 17.4 Å². The Kier molecular flexibility index (Phi) is 3.59. The van der Waals surface area contributed by atoms with E-state index in [0.29, 0.717) is 35.8 Å². The summed E-state index contributed by atoms with van der Waals surface area (Å²) in [5.41, 5.74) is 7.85. The number of amides is 1. The van der Waals surface area contributed by atoms with Crippen LogP contribution in [0.1, 0.15) is 18.0 Å². The highest BCUT2D eigenvalue weighted by Gasteiger charge is 2.29. The van der Waals surface area contributed by atoms with Gasteiger partial charge >= 0.3 is 0 Å². The quantitative estimate of drug-likeness (QED) is 0.799. The van der Waals surface area contributed by atoms with Crippen LogP contribution in [0.4, 0.5) is 11.4 Å². The number of fused-ring (bicyclic) bond motifs is 1. The number of hydrogen-bond donors (Lipinski definition) is 2. The van der Waals surface area contributed by atoms with E-state index in [1.54, 1.807) is 12.1 Å². The van der Waals surface area contributed by atoms with E-state index in [1.807, 2.05) is 4.90 Å². The Hall–Kier alpha value is -1.31. The van der Waals surface area contributed by atoms with E-state index >= 15 is 0 Å². The highest BCUT2D eigenvalue weighted by molar-refractivity contribution is 7.91. The third-order valence-electron chi connectivity index (χ3n) is 3.89. The lowest BCUT2D eigenvalue weighted by molar-refractivity contribution is -0.116. The molecule has 0 bridgehead atoms. The van der Waals surface area contributed by atoms with Gasteiger partial charge in [0, 0.05) is 24.3 Å². The maximum absolute atomic E-state index is 11.7. The molecule has 0 spiro atoms. The summed E-state index contributed by atoms with van der Waals surface area (Å²) in [7, 11) is -2.98. The summed E-state index contributed by atoms with van der Waals surface area (Å²) in [6, 6.07) is 2.77. The molecule has 0 aromatic heterocycles. The fourth-order valence-electron chi connectivity index (χ4n) is 2.72. The Balaban J connectivity index is 1.93. The normalized spacial score (nSPS) is 24.4. The summed E-state index contributed by atoms with van der Waals surface area (Å²) < 4.78 is 23.3. The first-order valence-electron chi connectivity index (χ1n) is 6.73. The number of sulfone groups is 1. The standard InChI is InChI=1S/C13H16ClN3O3S/c14-9-6-8-10(16-13(18)12(8)15)7-11(9)17-2-1-4-21(19,20)5-3-17/h6-7,12H,1-5,15H2,(H,16,18). The molecule has 6 nitrogen and oxygen atoms in total. The molecule has 0 radical (unpaired) electrons. The zero-order chi connectivity index (χ0) is 15.2. The van der Waals surface area contributed by atoms with Crippen molar-refractivity contribution in [3.8, 4) is 0 Å². The van der Waals surface area contributed by atoms with E-state index in [1.165, 1.54) is 0 Å². The van der Waals surface area contributed by atoms with Crippen molar-refractivity contribution in [1.29, 1.82) is 0 Å². The second kappa shape index (κ2) is 5.15. The van der Waals surface area contributed by atoms with Crippen LogP contribution in [0.3, 0.4) is 0 Å². The number of nitrogens with zero attached hydrogens (tertiary/aromatic N) is 1. The molecule has 0 aliphatic carbocycles. The molecule has 1 aromatic carbocycles. The zero-order valence-corrected chi connectivity index (χ0v) is 12.9. The Morgan fingerprint density at radius 2 is 2.05 bits per heavy atom. The minimum atomic E-state index is -2.98. The summed E-state index contributed by atoms with van der Waals surface area (Å²) >= 11 is 6.29. The molecule has 21 heavy (non-hydrogen) atoms. The Morgan fingerprint density at radius 3 is 2.81 bits per heavy atom. The topological polar surface area (TPSA) is 92.5 Å².